The molecule has 1 heterocycles. The normalized spacial score (nSPS) is 10.3. The molecule has 0 aliphatic heterocycles. The first-order valence-electron chi connectivity index (χ1n) is 8.08. The van der Waals surface area contributed by atoms with Gasteiger partial charge in [-0.1, -0.05) is 48.0 Å². The molecule has 3 rings (SSSR count). The molecule has 0 radical (unpaired) electrons. The molecule has 5 nitrogen and oxygen atoms in total. The zero-order chi connectivity index (χ0) is 17.6. The molecule has 0 aliphatic rings. The lowest BCUT2D eigenvalue weighted by Crippen LogP contribution is -2.27. The smallest absolute Gasteiger partial charge is 0.278 e. The van der Waals surface area contributed by atoms with Crippen LogP contribution in [0.2, 0.25) is 0 Å². The Morgan fingerprint density at radius 2 is 1.72 bits per heavy atom. The van der Waals surface area contributed by atoms with E-state index in [1.165, 1.54) is 11.8 Å². The number of nitrogens with one attached hydrogen (secondary N) is 1. The number of carbonyl (C=O) groups is 1. The number of nitrogens with zero attached hydrogens (tertiary/aromatic N) is 3. The second kappa shape index (κ2) is 7.57. The van der Waals surface area contributed by atoms with Crippen LogP contribution in [0.3, 0.4) is 0 Å². The minimum absolute atomic E-state index is 0.191. The Hall–Kier alpha value is -3.21. The summed E-state index contributed by atoms with van der Waals surface area (Å²) in [6, 6.07) is 17.7. The van der Waals surface area contributed by atoms with E-state index >= 15 is 0 Å². The van der Waals surface area contributed by atoms with Gasteiger partial charge in [0, 0.05) is 19.3 Å². The fourth-order valence-electron chi connectivity index (χ4n) is 2.37. The maximum absolute atomic E-state index is 12.5. The van der Waals surface area contributed by atoms with Gasteiger partial charge in [0.1, 0.15) is 11.5 Å². The summed E-state index contributed by atoms with van der Waals surface area (Å²) in [6.45, 7) is 2.72. The Morgan fingerprint density at radius 3 is 2.36 bits per heavy atom. The molecule has 0 spiro atoms. The zero-order valence-corrected chi connectivity index (χ0v) is 14.3. The van der Waals surface area contributed by atoms with Crippen molar-refractivity contribution in [2.24, 2.45) is 0 Å². The maximum atomic E-state index is 12.5. The predicted octanol–water partition coefficient (Wildman–Crippen LogP) is 3.67. The third kappa shape index (κ3) is 4.20. The number of anilines is 2. The van der Waals surface area contributed by atoms with Gasteiger partial charge in [-0.15, -0.1) is 0 Å². The van der Waals surface area contributed by atoms with E-state index < -0.39 is 0 Å². The van der Waals surface area contributed by atoms with E-state index in [-0.39, 0.29) is 5.91 Å². The van der Waals surface area contributed by atoms with Crippen molar-refractivity contribution in [3.8, 4) is 0 Å². The van der Waals surface area contributed by atoms with E-state index in [0.29, 0.717) is 18.1 Å². The van der Waals surface area contributed by atoms with Gasteiger partial charge in [-0.05, 0) is 24.6 Å². The molecule has 0 saturated carbocycles. The van der Waals surface area contributed by atoms with Crippen molar-refractivity contribution in [3.63, 3.8) is 0 Å². The van der Waals surface area contributed by atoms with Gasteiger partial charge in [0.15, 0.2) is 0 Å². The summed E-state index contributed by atoms with van der Waals surface area (Å²) in [6.07, 6.45) is 3.08. The first-order valence-corrected chi connectivity index (χ1v) is 8.08. The van der Waals surface area contributed by atoms with Crippen molar-refractivity contribution in [1.82, 2.24) is 9.97 Å². The number of carbonyl (C=O) groups excluding carboxylic acids is 1. The number of hydrogen-bond acceptors (Lipinski definition) is 4. The molecule has 25 heavy (non-hydrogen) atoms. The largest absolute Gasteiger partial charge is 0.365 e. The van der Waals surface area contributed by atoms with Crippen LogP contribution in [-0.2, 0) is 6.54 Å². The van der Waals surface area contributed by atoms with Gasteiger partial charge in [0.2, 0.25) is 0 Å². The van der Waals surface area contributed by atoms with Crippen molar-refractivity contribution >= 4 is 17.4 Å². The number of aryl methyl sites for hydroxylation is 1. The lowest BCUT2D eigenvalue weighted by molar-refractivity contribution is 0.0988. The summed E-state index contributed by atoms with van der Waals surface area (Å²) in [4.78, 5) is 22.6. The first-order chi connectivity index (χ1) is 12.1. The van der Waals surface area contributed by atoms with Crippen molar-refractivity contribution in [1.29, 1.82) is 0 Å². The molecule has 0 atom stereocenters. The molecule has 5 heteroatoms. The Kier molecular flexibility index (Phi) is 5.04. The standard InChI is InChI=1S/C20H20N4O/c1-15-8-10-16(11-9-15)12-22-19-14-21-18(13-23-19)20(25)24(2)17-6-4-3-5-7-17/h3-11,13-14H,12H2,1-2H3,(H,22,23). The van der Waals surface area contributed by atoms with Crippen molar-refractivity contribution in [2.45, 2.75) is 13.5 Å². The fourth-order valence-corrected chi connectivity index (χ4v) is 2.37. The van der Waals surface area contributed by atoms with Crippen LogP contribution in [-0.4, -0.2) is 22.9 Å². The van der Waals surface area contributed by atoms with Gasteiger partial charge in [-0.3, -0.25) is 4.79 Å². The van der Waals surface area contributed by atoms with Gasteiger partial charge >= 0.3 is 0 Å². The lowest BCUT2D eigenvalue weighted by Gasteiger charge is -2.16. The topological polar surface area (TPSA) is 58.1 Å². The van der Waals surface area contributed by atoms with Crippen molar-refractivity contribution < 1.29 is 4.79 Å². The summed E-state index contributed by atoms with van der Waals surface area (Å²) in [5.74, 6) is 0.447. The number of amides is 1. The number of aromatic nitrogens is 2. The average Bonchev–Trinajstić information content (AvgIpc) is 2.67. The molecule has 1 aromatic heterocycles. The highest BCUT2D eigenvalue weighted by Crippen LogP contribution is 2.14. The third-order valence-corrected chi connectivity index (χ3v) is 3.91. The van der Waals surface area contributed by atoms with Gasteiger partial charge in [0.25, 0.3) is 5.91 Å². The van der Waals surface area contributed by atoms with E-state index in [1.807, 2.05) is 30.3 Å². The monoisotopic (exact) mass is 332 g/mol. The van der Waals surface area contributed by atoms with Crippen molar-refractivity contribution in [3.05, 3.63) is 83.8 Å². The second-order valence-corrected chi connectivity index (χ2v) is 5.83. The predicted molar refractivity (Wildman–Crippen MR) is 99.7 cm³/mol. The summed E-state index contributed by atoms with van der Waals surface area (Å²) >= 11 is 0. The maximum Gasteiger partial charge on any atom is 0.278 e. The van der Waals surface area contributed by atoms with E-state index in [4.69, 9.17) is 0 Å². The van der Waals surface area contributed by atoms with Crippen LogP contribution >= 0.6 is 0 Å². The quantitative estimate of drug-likeness (QED) is 0.774. The van der Waals surface area contributed by atoms with E-state index in [2.05, 4.69) is 46.5 Å². The third-order valence-electron chi connectivity index (χ3n) is 3.91. The number of hydrogen-bond donors (Lipinski definition) is 1. The minimum atomic E-state index is -0.191. The molecule has 1 amide bonds. The molecular weight excluding hydrogens is 312 g/mol. The van der Waals surface area contributed by atoms with Gasteiger partial charge in [0.05, 0.1) is 12.4 Å². The highest BCUT2D eigenvalue weighted by Gasteiger charge is 2.15. The van der Waals surface area contributed by atoms with Crippen LogP contribution in [0.15, 0.2) is 67.0 Å². The van der Waals surface area contributed by atoms with Crippen LogP contribution in [0.4, 0.5) is 11.5 Å². The number of benzene rings is 2. The molecule has 126 valence electrons. The summed E-state index contributed by atoms with van der Waals surface area (Å²) < 4.78 is 0. The molecule has 0 bridgehead atoms. The SMILES string of the molecule is Cc1ccc(CNc2cnc(C(=O)N(C)c3ccccc3)cn2)cc1. The number of rotatable bonds is 5. The van der Waals surface area contributed by atoms with Crippen LogP contribution < -0.4 is 10.2 Å². The van der Waals surface area contributed by atoms with E-state index in [9.17, 15) is 4.79 Å². The first kappa shape index (κ1) is 16.6. The summed E-state index contributed by atoms with van der Waals surface area (Å²) in [7, 11) is 1.73. The molecule has 0 fully saturated rings. The lowest BCUT2D eigenvalue weighted by atomic mass is 10.1. The van der Waals surface area contributed by atoms with Crippen LogP contribution in [0.25, 0.3) is 0 Å². The highest BCUT2D eigenvalue weighted by atomic mass is 16.2. The van der Waals surface area contributed by atoms with Crippen LogP contribution in [0, 0.1) is 6.92 Å². The highest BCUT2D eigenvalue weighted by molar-refractivity contribution is 6.04. The van der Waals surface area contributed by atoms with Crippen LogP contribution in [0.1, 0.15) is 21.6 Å². The molecule has 0 unspecified atom stereocenters. The minimum Gasteiger partial charge on any atom is -0.365 e. The molecule has 0 aliphatic carbocycles. The molecule has 0 saturated heterocycles. The van der Waals surface area contributed by atoms with E-state index in [0.717, 1.165) is 11.3 Å². The summed E-state index contributed by atoms with van der Waals surface area (Å²) in [5, 5.41) is 3.21. The van der Waals surface area contributed by atoms with Crippen LogP contribution in [0.5, 0.6) is 0 Å². The van der Waals surface area contributed by atoms with Gasteiger partial charge in [-0.2, -0.15) is 0 Å². The van der Waals surface area contributed by atoms with Crippen molar-refractivity contribution in [2.75, 3.05) is 17.3 Å². The van der Waals surface area contributed by atoms with Gasteiger partial charge < -0.3 is 10.2 Å². The average molecular weight is 332 g/mol. The second-order valence-electron chi connectivity index (χ2n) is 5.83. The molecule has 2 aromatic carbocycles. The molecule has 3 aromatic rings. The summed E-state index contributed by atoms with van der Waals surface area (Å²) in [5.41, 5.74) is 3.52. The molecular formula is C20H20N4O. The fraction of sp³-hybridized carbons (Fsp3) is 0.150. The molecule has 1 N–H and O–H groups in total. The Labute approximate surface area is 147 Å². The van der Waals surface area contributed by atoms with Gasteiger partial charge in [-0.25, -0.2) is 9.97 Å². The number of para-hydroxylation sites is 1. The Bertz CT molecular complexity index is 830. The Morgan fingerprint density at radius 1 is 1.00 bits per heavy atom. The zero-order valence-electron chi connectivity index (χ0n) is 14.3. The van der Waals surface area contributed by atoms with E-state index in [1.54, 1.807) is 18.1 Å². The Balaban J connectivity index is 1.63.